The van der Waals surface area contributed by atoms with E-state index in [1.54, 1.807) is 25.3 Å². The molecule has 0 aromatic carbocycles. The van der Waals surface area contributed by atoms with Crippen LogP contribution < -0.4 is 0 Å². The van der Waals surface area contributed by atoms with Crippen LogP contribution >= 0.6 is 0 Å². The Kier molecular flexibility index (Phi) is 2.44. The zero-order valence-corrected chi connectivity index (χ0v) is 8.90. The molecule has 0 aliphatic heterocycles. The summed E-state index contributed by atoms with van der Waals surface area (Å²) in [5, 5.41) is 0.635. The van der Waals surface area contributed by atoms with Gasteiger partial charge in [0.05, 0.1) is 12.7 Å². The van der Waals surface area contributed by atoms with Crippen LogP contribution in [0.3, 0.4) is 0 Å². The number of ether oxygens (including phenoxy) is 1. The lowest BCUT2D eigenvalue weighted by Gasteiger charge is -1.98. The number of nitrogens with zero attached hydrogens (tertiary/aromatic N) is 1. The van der Waals surface area contributed by atoms with Crippen LogP contribution in [0.2, 0.25) is 0 Å². The first-order valence-electron chi connectivity index (χ1n) is 4.71. The van der Waals surface area contributed by atoms with E-state index in [9.17, 15) is 9.59 Å². The fourth-order valence-corrected chi connectivity index (χ4v) is 1.64. The molecular formula is C11H10N2O3. The Morgan fingerprint density at radius 3 is 2.88 bits per heavy atom. The first kappa shape index (κ1) is 10.4. The van der Waals surface area contributed by atoms with Gasteiger partial charge in [-0.05, 0) is 19.1 Å². The first-order chi connectivity index (χ1) is 7.65. The van der Waals surface area contributed by atoms with Crippen molar-refractivity contribution < 1.29 is 14.3 Å². The van der Waals surface area contributed by atoms with Gasteiger partial charge in [0.15, 0.2) is 0 Å². The molecule has 0 amide bonds. The van der Waals surface area contributed by atoms with Gasteiger partial charge >= 0.3 is 5.97 Å². The summed E-state index contributed by atoms with van der Waals surface area (Å²) in [5.74, 6) is -1.52. The summed E-state index contributed by atoms with van der Waals surface area (Å²) in [4.78, 5) is 30.0. The van der Waals surface area contributed by atoms with E-state index in [2.05, 4.69) is 14.7 Å². The number of esters is 1. The SMILES string of the molecule is COC(=O)C(=O)c1c(C)[nH]c2ncccc12. The zero-order valence-electron chi connectivity index (χ0n) is 8.90. The number of H-pyrrole nitrogens is 1. The van der Waals surface area contributed by atoms with E-state index >= 15 is 0 Å². The highest BCUT2D eigenvalue weighted by atomic mass is 16.5. The maximum atomic E-state index is 11.7. The molecule has 2 aromatic rings. The van der Waals surface area contributed by atoms with Gasteiger partial charge in [0, 0.05) is 17.3 Å². The molecule has 82 valence electrons. The monoisotopic (exact) mass is 218 g/mol. The molecule has 0 radical (unpaired) electrons. The zero-order chi connectivity index (χ0) is 11.7. The molecule has 2 aromatic heterocycles. The number of nitrogens with one attached hydrogen (secondary N) is 1. The summed E-state index contributed by atoms with van der Waals surface area (Å²) in [6.07, 6.45) is 1.62. The maximum Gasteiger partial charge on any atom is 0.379 e. The average molecular weight is 218 g/mol. The van der Waals surface area contributed by atoms with Crippen LogP contribution in [0.5, 0.6) is 0 Å². The topological polar surface area (TPSA) is 72.1 Å². The van der Waals surface area contributed by atoms with Gasteiger partial charge in [0.25, 0.3) is 5.78 Å². The predicted molar refractivity (Wildman–Crippen MR) is 57.2 cm³/mol. The number of carbonyl (C=O) groups excluding carboxylic acids is 2. The fourth-order valence-electron chi connectivity index (χ4n) is 1.64. The Morgan fingerprint density at radius 2 is 2.19 bits per heavy atom. The Bertz CT molecular complexity index is 572. The standard InChI is InChI=1S/C11H10N2O3/c1-6-8(9(14)11(15)16-2)7-4-3-5-12-10(7)13-6/h3-5H,1-2H3,(H,12,13). The minimum Gasteiger partial charge on any atom is -0.463 e. The summed E-state index contributed by atoms with van der Waals surface area (Å²) >= 11 is 0. The summed E-state index contributed by atoms with van der Waals surface area (Å²) in [5.41, 5.74) is 1.53. The molecule has 0 unspecified atom stereocenters. The van der Waals surface area contributed by atoms with Gasteiger partial charge in [-0.1, -0.05) is 0 Å². The van der Waals surface area contributed by atoms with E-state index < -0.39 is 11.8 Å². The Hall–Kier alpha value is -2.17. The van der Waals surface area contributed by atoms with E-state index in [-0.39, 0.29) is 0 Å². The fraction of sp³-hybridized carbons (Fsp3) is 0.182. The third-order valence-electron chi connectivity index (χ3n) is 2.36. The minimum absolute atomic E-state index is 0.329. The molecule has 2 heterocycles. The van der Waals surface area contributed by atoms with E-state index in [0.29, 0.717) is 22.3 Å². The Labute approximate surface area is 91.4 Å². The largest absolute Gasteiger partial charge is 0.463 e. The number of carbonyl (C=O) groups is 2. The molecule has 1 N–H and O–H groups in total. The van der Waals surface area contributed by atoms with Crippen molar-refractivity contribution in [2.45, 2.75) is 6.92 Å². The first-order valence-corrected chi connectivity index (χ1v) is 4.71. The lowest BCUT2D eigenvalue weighted by Crippen LogP contribution is -2.16. The molecule has 0 aliphatic rings. The number of aromatic nitrogens is 2. The number of rotatable bonds is 2. The molecule has 2 rings (SSSR count). The second-order valence-electron chi connectivity index (χ2n) is 3.35. The van der Waals surface area contributed by atoms with Crippen molar-refractivity contribution in [2.75, 3.05) is 7.11 Å². The Morgan fingerprint density at radius 1 is 1.44 bits per heavy atom. The molecule has 5 heteroatoms. The lowest BCUT2D eigenvalue weighted by atomic mass is 10.1. The van der Waals surface area contributed by atoms with Crippen molar-refractivity contribution in [3.05, 3.63) is 29.6 Å². The normalized spacial score (nSPS) is 10.4. The number of aryl methyl sites for hydroxylation is 1. The highest BCUT2D eigenvalue weighted by Gasteiger charge is 2.23. The summed E-state index contributed by atoms with van der Waals surface area (Å²) in [6.45, 7) is 1.72. The number of pyridine rings is 1. The second-order valence-corrected chi connectivity index (χ2v) is 3.35. The van der Waals surface area contributed by atoms with Crippen LogP contribution in [0.4, 0.5) is 0 Å². The predicted octanol–water partition coefficient (Wildman–Crippen LogP) is 1.23. The lowest BCUT2D eigenvalue weighted by molar-refractivity contribution is -0.135. The van der Waals surface area contributed by atoms with Gasteiger partial charge in [-0.15, -0.1) is 0 Å². The van der Waals surface area contributed by atoms with Gasteiger partial charge in [0.1, 0.15) is 5.65 Å². The van der Waals surface area contributed by atoms with E-state index in [1.165, 1.54) is 7.11 Å². The van der Waals surface area contributed by atoms with Crippen LogP contribution in [0.15, 0.2) is 18.3 Å². The van der Waals surface area contributed by atoms with Crippen LogP contribution in [0, 0.1) is 6.92 Å². The molecule has 16 heavy (non-hydrogen) atoms. The van der Waals surface area contributed by atoms with E-state index in [4.69, 9.17) is 0 Å². The van der Waals surface area contributed by atoms with Gasteiger partial charge in [-0.2, -0.15) is 0 Å². The summed E-state index contributed by atoms with van der Waals surface area (Å²) in [6, 6.07) is 3.45. The second kappa shape index (κ2) is 3.77. The van der Waals surface area contributed by atoms with Gasteiger partial charge in [-0.3, -0.25) is 4.79 Å². The maximum absolute atomic E-state index is 11.7. The third-order valence-corrected chi connectivity index (χ3v) is 2.36. The quantitative estimate of drug-likeness (QED) is 0.467. The van der Waals surface area contributed by atoms with Crippen LogP contribution in [0.1, 0.15) is 16.1 Å². The van der Waals surface area contributed by atoms with Gasteiger partial charge in [0.2, 0.25) is 0 Å². The minimum atomic E-state index is -0.868. The van der Waals surface area contributed by atoms with Crippen molar-refractivity contribution in [2.24, 2.45) is 0 Å². The molecule has 0 saturated carbocycles. The molecule has 0 spiro atoms. The highest BCUT2D eigenvalue weighted by molar-refractivity contribution is 6.43. The number of fused-ring (bicyclic) bond motifs is 1. The molecule has 0 saturated heterocycles. The molecule has 5 nitrogen and oxygen atoms in total. The molecule has 0 bridgehead atoms. The van der Waals surface area contributed by atoms with Crippen molar-refractivity contribution in [1.29, 1.82) is 0 Å². The van der Waals surface area contributed by atoms with E-state index in [1.807, 2.05) is 0 Å². The number of hydrogen-bond acceptors (Lipinski definition) is 4. The molecular weight excluding hydrogens is 208 g/mol. The molecule has 0 fully saturated rings. The summed E-state index contributed by atoms with van der Waals surface area (Å²) < 4.78 is 4.42. The van der Waals surface area contributed by atoms with Crippen LogP contribution in [0.25, 0.3) is 11.0 Å². The number of ketones is 1. The smallest absolute Gasteiger partial charge is 0.379 e. The van der Waals surface area contributed by atoms with Crippen molar-refractivity contribution >= 4 is 22.8 Å². The average Bonchev–Trinajstić information content (AvgIpc) is 2.63. The molecule has 0 atom stereocenters. The number of Topliss-reactive ketones (excluding diaryl/α,β-unsaturated/α-hetero) is 1. The van der Waals surface area contributed by atoms with Gasteiger partial charge in [-0.25, -0.2) is 9.78 Å². The van der Waals surface area contributed by atoms with Crippen LogP contribution in [-0.4, -0.2) is 28.8 Å². The van der Waals surface area contributed by atoms with Crippen molar-refractivity contribution in [3.63, 3.8) is 0 Å². The number of methoxy groups -OCH3 is 1. The number of aromatic amines is 1. The van der Waals surface area contributed by atoms with Gasteiger partial charge < -0.3 is 9.72 Å². The van der Waals surface area contributed by atoms with Crippen molar-refractivity contribution in [1.82, 2.24) is 9.97 Å². The summed E-state index contributed by atoms with van der Waals surface area (Å²) in [7, 11) is 1.18. The van der Waals surface area contributed by atoms with Crippen molar-refractivity contribution in [3.8, 4) is 0 Å². The third kappa shape index (κ3) is 1.46. The molecule has 0 aliphatic carbocycles. The van der Waals surface area contributed by atoms with Crippen LogP contribution in [-0.2, 0) is 9.53 Å². The van der Waals surface area contributed by atoms with E-state index in [0.717, 1.165) is 0 Å². The number of hydrogen-bond donors (Lipinski definition) is 1. The Balaban J connectivity index is 2.64. The highest BCUT2D eigenvalue weighted by Crippen LogP contribution is 2.20.